The number of methoxy groups -OCH3 is 2. The number of carbonyl (C=O) groups is 1. The number of ether oxygens (including phenoxy) is 2. The van der Waals surface area contributed by atoms with Gasteiger partial charge in [0.2, 0.25) is 0 Å². The predicted octanol–water partition coefficient (Wildman–Crippen LogP) is 3.98. The zero-order chi connectivity index (χ0) is 15.6. The average molecular weight is 357 g/mol. The Labute approximate surface area is 128 Å². The Balaban J connectivity index is 2.56. The molecule has 0 spiro atoms. The highest BCUT2D eigenvalue weighted by molar-refractivity contribution is 9.10. The number of hydrogen-bond donors (Lipinski definition) is 0. The van der Waals surface area contributed by atoms with Crippen molar-refractivity contribution < 1.29 is 23.0 Å². The van der Waals surface area contributed by atoms with Gasteiger partial charge in [0.15, 0.2) is 5.78 Å². The first-order valence-corrected chi connectivity index (χ1v) is 6.68. The van der Waals surface area contributed by atoms with Crippen LogP contribution in [0.5, 0.6) is 11.5 Å². The summed E-state index contributed by atoms with van der Waals surface area (Å²) in [7, 11) is 2.85. The Morgan fingerprint density at radius 3 is 2.05 bits per heavy atom. The monoisotopic (exact) mass is 356 g/mol. The Morgan fingerprint density at radius 2 is 1.52 bits per heavy atom. The van der Waals surface area contributed by atoms with E-state index in [2.05, 4.69) is 15.9 Å². The van der Waals surface area contributed by atoms with E-state index in [1.165, 1.54) is 20.3 Å². The highest BCUT2D eigenvalue weighted by atomic mass is 79.9. The lowest BCUT2D eigenvalue weighted by molar-refractivity contribution is 0.103. The van der Waals surface area contributed by atoms with Gasteiger partial charge in [-0.05, 0) is 40.2 Å². The van der Waals surface area contributed by atoms with Crippen molar-refractivity contribution in [3.8, 4) is 11.5 Å². The number of halogens is 3. The minimum absolute atomic E-state index is 0.102. The molecule has 6 heteroatoms. The van der Waals surface area contributed by atoms with Gasteiger partial charge in [-0.2, -0.15) is 0 Å². The van der Waals surface area contributed by atoms with Crippen molar-refractivity contribution in [3.05, 3.63) is 57.6 Å². The summed E-state index contributed by atoms with van der Waals surface area (Å²) in [5, 5.41) is 0. The van der Waals surface area contributed by atoms with Crippen LogP contribution in [0.25, 0.3) is 0 Å². The third kappa shape index (κ3) is 3.21. The van der Waals surface area contributed by atoms with Crippen molar-refractivity contribution >= 4 is 21.7 Å². The van der Waals surface area contributed by atoms with E-state index >= 15 is 0 Å². The van der Waals surface area contributed by atoms with Gasteiger partial charge in [-0.15, -0.1) is 0 Å². The number of benzene rings is 2. The van der Waals surface area contributed by atoms with E-state index in [1.807, 2.05) is 0 Å². The van der Waals surface area contributed by atoms with Crippen LogP contribution < -0.4 is 9.47 Å². The van der Waals surface area contributed by atoms with Crippen LogP contribution in [0.15, 0.2) is 34.8 Å². The Morgan fingerprint density at radius 1 is 0.952 bits per heavy atom. The molecular formula is C15H11BrF2O3. The first-order chi connectivity index (χ1) is 9.96. The van der Waals surface area contributed by atoms with Gasteiger partial charge in [0.25, 0.3) is 0 Å². The summed E-state index contributed by atoms with van der Waals surface area (Å²) in [4.78, 5) is 12.4. The second kappa shape index (κ2) is 6.22. The highest BCUT2D eigenvalue weighted by Crippen LogP contribution is 2.34. The number of hydrogen-bond acceptors (Lipinski definition) is 3. The van der Waals surface area contributed by atoms with Gasteiger partial charge in [-0.3, -0.25) is 4.79 Å². The van der Waals surface area contributed by atoms with Crippen molar-refractivity contribution in [3.63, 3.8) is 0 Å². The number of rotatable bonds is 4. The normalized spacial score (nSPS) is 10.3. The van der Waals surface area contributed by atoms with E-state index < -0.39 is 17.4 Å². The van der Waals surface area contributed by atoms with Crippen LogP contribution in [0.3, 0.4) is 0 Å². The van der Waals surface area contributed by atoms with E-state index in [0.717, 1.165) is 12.1 Å². The second-order valence-electron chi connectivity index (χ2n) is 4.17. The minimum atomic E-state index is -0.818. The Bertz CT molecular complexity index is 681. The molecule has 21 heavy (non-hydrogen) atoms. The summed E-state index contributed by atoms with van der Waals surface area (Å²) in [6, 6.07) is 5.66. The SMILES string of the molecule is COc1cc(C(=O)c2cc(F)cc(F)c2)c(OC)cc1Br. The Hall–Kier alpha value is -1.95. The van der Waals surface area contributed by atoms with Crippen molar-refractivity contribution in [2.75, 3.05) is 14.2 Å². The van der Waals surface area contributed by atoms with Crippen molar-refractivity contribution in [1.29, 1.82) is 0 Å². The average Bonchev–Trinajstić information content (AvgIpc) is 2.45. The van der Waals surface area contributed by atoms with E-state index in [4.69, 9.17) is 9.47 Å². The molecule has 3 nitrogen and oxygen atoms in total. The quantitative estimate of drug-likeness (QED) is 0.777. The molecule has 0 aliphatic carbocycles. The fourth-order valence-corrected chi connectivity index (χ4v) is 2.36. The summed E-state index contributed by atoms with van der Waals surface area (Å²) < 4.78 is 37.3. The van der Waals surface area contributed by atoms with Crippen LogP contribution in [0, 0.1) is 11.6 Å². The summed E-state index contributed by atoms with van der Waals surface area (Å²) in [5.41, 5.74) is 0.0534. The predicted molar refractivity (Wildman–Crippen MR) is 77.0 cm³/mol. The van der Waals surface area contributed by atoms with Crippen LogP contribution in [0.1, 0.15) is 15.9 Å². The van der Waals surface area contributed by atoms with Gasteiger partial charge < -0.3 is 9.47 Å². The molecule has 0 radical (unpaired) electrons. The molecule has 0 unspecified atom stereocenters. The molecule has 0 heterocycles. The first-order valence-electron chi connectivity index (χ1n) is 5.88. The van der Waals surface area contributed by atoms with Crippen LogP contribution >= 0.6 is 15.9 Å². The molecule has 2 aromatic rings. The molecule has 0 fully saturated rings. The lowest BCUT2D eigenvalue weighted by Crippen LogP contribution is -2.06. The van der Waals surface area contributed by atoms with E-state index in [0.29, 0.717) is 16.3 Å². The zero-order valence-corrected chi connectivity index (χ0v) is 12.8. The highest BCUT2D eigenvalue weighted by Gasteiger charge is 2.19. The molecule has 0 aliphatic rings. The topological polar surface area (TPSA) is 35.5 Å². The molecule has 0 amide bonds. The van der Waals surface area contributed by atoms with Crippen LogP contribution in [-0.4, -0.2) is 20.0 Å². The summed E-state index contributed by atoms with van der Waals surface area (Å²) in [6.45, 7) is 0. The van der Waals surface area contributed by atoms with Crippen molar-refractivity contribution in [2.45, 2.75) is 0 Å². The van der Waals surface area contributed by atoms with Gasteiger partial charge in [0, 0.05) is 11.6 Å². The molecule has 110 valence electrons. The summed E-state index contributed by atoms with van der Waals surface area (Å²) in [5.74, 6) is -1.51. The Kier molecular flexibility index (Phi) is 4.57. The van der Waals surface area contributed by atoms with E-state index in [1.54, 1.807) is 6.07 Å². The van der Waals surface area contributed by atoms with Crippen molar-refractivity contribution in [1.82, 2.24) is 0 Å². The van der Waals surface area contributed by atoms with E-state index in [9.17, 15) is 13.6 Å². The zero-order valence-electron chi connectivity index (χ0n) is 11.2. The second-order valence-corrected chi connectivity index (χ2v) is 5.03. The van der Waals surface area contributed by atoms with Gasteiger partial charge in [0.05, 0.1) is 24.3 Å². The number of ketones is 1. The smallest absolute Gasteiger partial charge is 0.197 e. The summed E-state index contributed by atoms with van der Waals surface area (Å²) in [6.07, 6.45) is 0. The van der Waals surface area contributed by atoms with Gasteiger partial charge >= 0.3 is 0 Å². The van der Waals surface area contributed by atoms with Crippen LogP contribution in [-0.2, 0) is 0 Å². The third-order valence-electron chi connectivity index (χ3n) is 2.84. The van der Waals surface area contributed by atoms with Crippen LogP contribution in [0.2, 0.25) is 0 Å². The van der Waals surface area contributed by atoms with Gasteiger partial charge in [-0.25, -0.2) is 8.78 Å². The fraction of sp³-hybridized carbons (Fsp3) is 0.133. The molecule has 2 rings (SSSR count). The van der Waals surface area contributed by atoms with E-state index in [-0.39, 0.29) is 16.9 Å². The molecule has 0 saturated heterocycles. The summed E-state index contributed by atoms with van der Waals surface area (Å²) >= 11 is 3.27. The molecule has 2 aromatic carbocycles. The van der Waals surface area contributed by atoms with Crippen molar-refractivity contribution in [2.24, 2.45) is 0 Å². The number of carbonyl (C=O) groups excluding carboxylic acids is 1. The third-order valence-corrected chi connectivity index (χ3v) is 3.46. The molecule has 0 aromatic heterocycles. The molecular weight excluding hydrogens is 346 g/mol. The largest absolute Gasteiger partial charge is 0.496 e. The first kappa shape index (κ1) is 15.4. The minimum Gasteiger partial charge on any atom is -0.496 e. The maximum atomic E-state index is 13.2. The maximum absolute atomic E-state index is 13.2. The standard InChI is InChI=1S/C15H11BrF2O3/c1-20-13-7-12(16)14(21-2)6-11(13)15(19)8-3-9(17)5-10(18)4-8/h3-7H,1-2H3. The molecule has 0 bridgehead atoms. The van der Waals surface area contributed by atoms with Gasteiger partial charge in [0.1, 0.15) is 23.1 Å². The lowest BCUT2D eigenvalue weighted by Gasteiger charge is -2.11. The lowest BCUT2D eigenvalue weighted by atomic mass is 10.0. The van der Waals surface area contributed by atoms with Crippen LogP contribution in [0.4, 0.5) is 8.78 Å². The molecule has 0 aliphatic heterocycles. The molecule has 0 atom stereocenters. The fourth-order valence-electron chi connectivity index (χ4n) is 1.88. The van der Waals surface area contributed by atoms with Gasteiger partial charge in [-0.1, -0.05) is 0 Å². The molecule has 0 saturated carbocycles. The maximum Gasteiger partial charge on any atom is 0.197 e. The molecule has 0 N–H and O–H groups in total.